The van der Waals surface area contributed by atoms with Gasteiger partial charge in [0, 0.05) is 23.5 Å². The van der Waals surface area contributed by atoms with E-state index in [2.05, 4.69) is 67.6 Å². The Morgan fingerprint density at radius 1 is 0.960 bits per heavy atom. The molecule has 0 aromatic heterocycles. The molecule has 0 saturated heterocycles. The first-order valence-electron chi connectivity index (χ1n) is 8.94. The topological polar surface area (TPSA) is 61.5 Å². The van der Waals surface area contributed by atoms with Gasteiger partial charge in [0.05, 0.1) is 6.61 Å². The molecule has 0 saturated carbocycles. The lowest BCUT2D eigenvalue weighted by Crippen LogP contribution is -2.47. The molecule has 0 radical (unpaired) electrons. The summed E-state index contributed by atoms with van der Waals surface area (Å²) < 4.78 is 0. The van der Waals surface area contributed by atoms with Crippen LogP contribution in [0.5, 0.6) is 0 Å². The molecule has 2 aromatic rings. The van der Waals surface area contributed by atoms with Gasteiger partial charge in [-0.1, -0.05) is 31.2 Å². The van der Waals surface area contributed by atoms with Crippen molar-refractivity contribution in [3.05, 3.63) is 59.7 Å². The predicted octanol–water partition coefficient (Wildman–Crippen LogP) is 3.17. The minimum Gasteiger partial charge on any atom is -0.399 e. The molecule has 0 heterocycles. The molecule has 0 aliphatic heterocycles. The van der Waals surface area contributed by atoms with Crippen molar-refractivity contribution in [3.8, 4) is 0 Å². The molecule has 0 aliphatic rings. The summed E-state index contributed by atoms with van der Waals surface area (Å²) in [6, 6.07) is 16.7. The van der Waals surface area contributed by atoms with E-state index in [4.69, 9.17) is 10.8 Å². The number of aliphatic hydroxyl groups is 1. The van der Waals surface area contributed by atoms with Crippen molar-refractivity contribution in [1.29, 1.82) is 0 Å². The van der Waals surface area contributed by atoms with Crippen LogP contribution < -0.4 is 11.1 Å². The van der Waals surface area contributed by atoms with E-state index in [0.29, 0.717) is 6.54 Å². The Labute approximate surface area is 151 Å². The highest BCUT2D eigenvalue weighted by atomic mass is 16.3. The van der Waals surface area contributed by atoms with E-state index in [-0.39, 0.29) is 12.1 Å². The summed E-state index contributed by atoms with van der Waals surface area (Å²) in [6.07, 6.45) is 3.04. The molecule has 4 N–H and O–H groups in total. The van der Waals surface area contributed by atoms with Gasteiger partial charge in [0.25, 0.3) is 0 Å². The smallest absolute Gasteiger partial charge is 0.0604 e. The van der Waals surface area contributed by atoms with Crippen LogP contribution in [0.15, 0.2) is 48.5 Å². The lowest BCUT2D eigenvalue weighted by Gasteiger charge is -2.40. The maximum absolute atomic E-state index is 8.91. The largest absolute Gasteiger partial charge is 0.399 e. The molecule has 1 atom stereocenters. The Morgan fingerprint density at radius 2 is 1.48 bits per heavy atom. The van der Waals surface area contributed by atoms with E-state index < -0.39 is 0 Å². The molecule has 0 fully saturated rings. The highest BCUT2D eigenvalue weighted by molar-refractivity contribution is 5.45. The summed E-state index contributed by atoms with van der Waals surface area (Å²) in [7, 11) is 4.33. The number of rotatable bonds is 9. The van der Waals surface area contributed by atoms with Crippen LogP contribution in [-0.4, -0.2) is 42.8 Å². The van der Waals surface area contributed by atoms with Crippen molar-refractivity contribution < 1.29 is 5.11 Å². The molecule has 0 bridgehead atoms. The SMILES string of the molecule is CCC(Cc1ccc(N)cc1)(Cc1ccc(NCCO)cc1)N(C)C. The fourth-order valence-electron chi connectivity index (χ4n) is 3.28. The van der Waals surface area contributed by atoms with Crippen LogP contribution in [0.4, 0.5) is 11.4 Å². The summed E-state index contributed by atoms with van der Waals surface area (Å²) in [5.41, 5.74) is 10.4. The third-order valence-electron chi connectivity index (χ3n) is 5.05. The van der Waals surface area contributed by atoms with Crippen LogP contribution in [0.25, 0.3) is 0 Å². The number of aliphatic hydroxyl groups excluding tert-OH is 1. The number of hydrogen-bond donors (Lipinski definition) is 3. The Kier molecular flexibility index (Phi) is 6.85. The molecule has 136 valence electrons. The second-order valence-electron chi connectivity index (χ2n) is 6.91. The van der Waals surface area contributed by atoms with Crippen LogP contribution in [0.2, 0.25) is 0 Å². The summed E-state index contributed by atoms with van der Waals surface area (Å²) in [5, 5.41) is 12.1. The van der Waals surface area contributed by atoms with Crippen LogP contribution in [0, 0.1) is 0 Å². The third kappa shape index (κ3) is 5.21. The second-order valence-corrected chi connectivity index (χ2v) is 6.91. The van der Waals surface area contributed by atoms with Crippen molar-refractivity contribution in [2.75, 3.05) is 38.3 Å². The average molecular weight is 341 g/mol. The second kappa shape index (κ2) is 8.88. The maximum atomic E-state index is 8.91. The zero-order valence-electron chi connectivity index (χ0n) is 15.6. The summed E-state index contributed by atoms with van der Waals surface area (Å²) in [6.45, 7) is 2.98. The van der Waals surface area contributed by atoms with Gasteiger partial charge in [0.2, 0.25) is 0 Å². The van der Waals surface area contributed by atoms with Gasteiger partial charge in [0.15, 0.2) is 0 Å². The van der Waals surface area contributed by atoms with Crippen molar-refractivity contribution in [3.63, 3.8) is 0 Å². The fourth-order valence-corrected chi connectivity index (χ4v) is 3.28. The Balaban J connectivity index is 2.17. The minimum absolute atomic E-state index is 0.0656. The van der Waals surface area contributed by atoms with Crippen molar-refractivity contribution in [2.24, 2.45) is 0 Å². The van der Waals surface area contributed by atoms with Gasteiger partial charge >= 0.3 is 0 Å². The summed E-state index contributed by atoms with van der Waals surface area (Å²) >= 11 is 0. The molecule has 4 nitrogen and oxygen atoms in total. The molecule has 2 rings (SSSR count). The van der Waals surface area contributed by atoms with E-state index >= 15 is 0 Å². The van der Waals surface area contributed by atoms with Crippen LogP contribution in [-0.2, 0) is 12.8 Å². The predicted molar refractivity (Wildman–Crippen MR) is 107 cm³/mol. The Hall–Kier alpha value is -2.04. The summed E-state index contributed by atoms with van der Waals surface area (Å²) in [4.78, 5) is 2.35. The molecule has 2 aromatic carbocycles. The number of nitrogens with two attached hydrogens (primary N) is 1. The van der Waals surface area contributed by atoms with Gasteiger partial charge in [-0.25, -0.2) is 0 Å². The van der Waals surface area contributed by atoms with Crippen molar-refractivity contribution in [1.82, 2.24) is 4.90 Å². The quantitative estimate of drug-likeness (QED) is 0.613. The van der Waals surface area contributed by atoms with E-state index in [9.17, 15) is 0 Å². The third-order valence-corrected chi connectivity index (χ3v) is 5.05. The van der Waals surface area contributed by atoms with Crippen LogP contribution in [0.3, 0.4) is 0 Å². The highest BCUT2D eigenvalue weighted by Crippen LogP contribution is 2.28. The first kappa shape index (κ1) is 19.3. The van der Waals surface area contributed by atoms with Gasteiger partial charge < -0.3 is 21.1 Å². The highest BCUT2D eigenvalue weighted by Gasteiger charge is 2.31. The zero-order valence-corrected chi connectivity index (χ0v) is 15.6. The van der Waals surface area contributed by atoms with E-state index in [1.807, 2.05) is 12.1 Å². The van der Waals surface area contributed by atoms with Gasteiger partial charge in [0.1, 0.15) is 0 Å². The number of anilines is 2. The van der Waals surface area contributed by atoms with E-state index in [0.717, 1.165) is 30.6 Å². The Morgan fingerprint density at radius 3 is 1.92 bits per heavy atom. The lowest BCUT2D eigenvalue weighted by molar-refractivity contribution is 0.143. The number of likely N-dealkylation sites (N-methyl/N-ethyl adjacent to an activating group) is 1. The molecular formula is C21H31N3O. The summed E-state index contributed by atoms with van der Waals surface area (Å²) in [5.74, 6) is 0. The van der Waals surface area contributed by atoms with E-state index in [1.165, 1.54) is 11.1 Å². The lowest BCUT2D eigenvalue weighted by atomic mass is 9.81. The average Bonchev–Trinajstić information content (AvgIpc) is 2.62. The van der Waals surface area contributed by atoms with Crippen molar-refractivity contribution >= 4 is 11.4 Å². The standard InChI is InChI=1S/C21H31N3O/c1-4-21(24(2)3,15-17-5-9-19(22)10-6-17)16-18-7-11-20(12-8-18)23-13-14-25/h5-12,23,25H,4,13-16,22H2,1-3H3. The van der Waals surface area contributed by atoms with Gasteiger partial charge in [-0.3, -0.25) is 0 Å². The van der Waals surface area contributed by atoms with Crippen LogP contribution >= 0.6 is 0 Å². The van der Waals surface area contributed by atoms with Crippen LogP contribution in [0.1, 0.15) is 24.5 Å². The minimum atomic E-state index is 0.0656. The first-order chi connectivity index (χ1) is 12.0. The number of benzene rings is 2. The zero-order chi connectivity index (χ0) is 18.3. The first-order valence-corrected chi connectivity index (χ1v) is 8.94. The number of nitrogens with one attached hydrogen (secondary N) is 1. The monoisotopic (exact) mass is 341 g/mol. The molecule has 0 spiro atoms. The van der Waals surface area contributed by atoms with Crippen molar-refractivity contribution in [2.45, 2.75) is 31.7 Å². The molecule has 0 aliphatic carbocycles. The molecular weight excluding hydrogens is 310 g/mol. The van der Waals surface area contributed by atoms with Gasteiger partial charge in [-0.05, 0) is 68.8 Å². The maximum Gasteiger partial charge on any atom is 0.0604 e. The molecule has 1 unspecified atom stereocenters. The normalized spacial score (nSPS) is 13.6. The fraction of sp³-hybridized carbons (Fsp3) is 0.429. The van der Waals surface area contributed by atoms with Gasteiger partial charge in [-0.2, -0.15) is 0 Å². The number of nitrogens with zero attached hydrogens (tertiary/aromatic N) is 1. The molecule has 4 heteroatoms. The van der Waals surface area contributed by atoms with Gasteiger partial charge in [-0.15, -0.1) is 0 Å². The molecule has 0 amide bonds. The Bertz CT molecular complexity index is 637. The van der Waals surface area contributed by atoms with E-state index in [1.54, 1.807) is 0 Å². The molecule has 25 heavy (non-hydrogen) atoms. The number of nitrogen functional groups attached to an aromatic ring is 1. The number of hydrogen-bond acceptors (Lipinski definition) is 4.